The van der Waals surface area contributed by atoms with Gasteiger partial charge in [0, 0.05) is 41.3 Å². The highest BCUT2D eigenvalue weighted by Crippen LogP contribution is 2.21. The van der Waals surface area contributed by atoms with Gasteiger partial charge in [-0.2, -0.15) is 5.10 Å². The van der Waals surface area contributed by atoms with Gasteiger partial charge in [0.1, 0.15) is 5.58 Å². The number of fused-ring (bicyclic) bond motifs is 1. The van der Waals surface area contributed by atoms with Crippen LogP contribution in [0.1, 0.15) is 11.1 Å². The number of hydrogen-bond donors (Lipinski definition) is 2. The molecule has 0 aliphatic carbocycles. The van der Waals surface area contributed by atoms with Crippen LogP contribution in [0.5, 0.6) is 0 Å². The molecule has 0 fully saturated rings. The first kappa shape index (κ1) is 17.9. The lowest BCUT2D eigenvalue weighted by Crippen LogP contribution is -2.19. The average molecular weight is 390 g/mol. The Labute approximate surface area is 166 Å². The molecule has 0 aliphatic rings. The minimum absolute atomic E-state index is 0.364. The minimum atomic E-state index is -0.364. The predicted molar refractivity (Wildman–Crippen MR) is 115 cm³/mol. The van der Waals surface area contributed by atoms with E-state index in [9.17, 15) is 4.79 Å². The van der Waals surface area contributed by atoms with E-state index in [-0.39, 0.29) is 5.63 Å². The maximum atomic E-state index is 11.6. The van der Waals surface area contributed by atoms with Gasteiger partial charge in [-0.1, -0.05) is 12.1 Å². The van der Waals surface area contributed by atoms with Crippen LogP contribution in [0.15, 0.2) is 76.2 Å². The van der Waals surface area contributed by atoms with Crippen LogP contribution >= 0.6 is 12.2 Å². The molecular formula is C21H18N4O2S. The zero-order valence-corrected chi connectivity index (χ0v) is 16.0. The molecule has 2 aromatic carbocycles. The quantitative estimate of drug-likeness (QED) is 0.403. The summed E-state index contributed by atoms with van der Waals surface area (Å²) in [4.78, 5) is 11.6. The maximum absolute atomic E-state index is 11.6. The molecule has 4 aromatic rings. The van der Waals surface area contributed by atoms with E-state index in [0.29, 0.717) is 17.2 Å². The van der Waals surface area contributed by atoms with Gasteiger partial charge in [0.05, 0.1) is 6.54 Å². The molecule has 0 spiro atoms. The second-order valence-electron chi connectivity index (χ2n) is 6.44. The number of anilines is 2. The summed E-state index contributed by atoms with van der Waals surface area (Å²) in [5.74, 6) is 0. The van der Waals surface area contributed by atoms with Crippen molar-refractivity contribution in [2.75, 3.05) is 10.6 Å². The molecule has 28 heavy (non-hydrogen) atoms. The number of benzene rings is 2. The number of thiocarbonyl (C=S) groups is 1. The summed E-state index contributed by atoms with van der Waals surface area (Å²) >= 11 is 5.42. The number of aromatic nitrogens is 2. The van der Waals surface area contributed by atoms with Crippen LogP contribution in [0.3, 0.4) is 0 Å². The molecule has 4 rings (SSSR count). The third-order valence-corrected chi connectivity index (χ3v) is 4.50. The van der Waals surface area contributed by atoms with E-state index >= 15 is 0 Å². The molecule has 0 radical (unpaired) electrons. The maximum Gasteiger partial charge on any atom is 0.336 e. The highest BCUT2D eigenvalue weighted by atomic mass is 32.1. The third kappa shape index (κ3) is 4.10. The van der Waals surface area contributed by atoms with Crippen LogP contribution < -0.4 is 16.3 Å². The van der Waals surface area contributed by atoms with Gasteiger partial charge >= 0.3 is 5.63 Å². The van der Waals surface area contributed by atoms with Gasteiger partial charge in [-0.3, -0.25) is 4.68 Å². The first-order chi connectivity index (χ1) is 13.6. The topological polar surface area (TPSA) is 72.1 Å². The minimum Gasteiger partial charge on any atom is -0.423 e. The van der Waals surface area contributed by atoms with E-state index in [1.807, 2.05) is 60.3 Å². The first-order valence-corrected chi connectivity index (χ1v) is 9.16. The Morgan fingerprint density at radius 1 is 1.11 bits per heavy atom. The molecule has 0 atom stereocenters. The van der Waals surface area contributed by atoms with Crippen molar-refractivity contribution in [3.05, 3.63) is 88.5 Å². The van der Waals surface area contributed by atoms with Crippen molar-refractivity contribution in [3.63, 3.8) is 0 Å². The zero-order chi connectivity index (χ0) is 19.5. The van der Waals surface area contributed by atoms with Crippen molar-refractivity contribution in [1.82, 2.24) is 9.78 Å². The van der Waals surface area contributed by atoms with E-state index in [0.717, 1.165) is 27.9 Å². The van der Waals surface area contributed by atoms with Gasteiger partial charge in [0.2, 0.25) is 0 Å². The van der Waals surface area contributed by atoms with E-state index in [4.69, 9.17) is 16.6 Å². The van der Waals surface area contributed by atoms with Crippen molar-refractivity contribution in [3.8, 4) is 0 Å². The Kier molecular flexibility index (Phi) is 4.90. The molecule has 2 heterocycles. The molecule has 0 amide bonds. The molecule has 0 saturated heterocycles. The number of nitrogens with one attached hydrogen (secondary N) is 2. The molecule has 2 N–H and O–H groups in total. The summed E-state index contributed by atoms with van der Waals surface area (Å²) in [5, 5.41) is 11.9. The molecule has 7 heteroatoms. The van der Waals surface area contributed by atoms with E-state index < -0.39 is 0 Å². The largest absolute Gasteiger partial charge is 0.423 e. The molecule has 2 aromatic heterocycles. The lowest BCUT2D eigenvalue weighted by atomic mass is 10.1. The second kappa shape index (κ2) is 7.66. The highest BCUT2D eigenvalue weighted by molar-refractivity contribution is 7.80. The van der Waals surface area contributed by atoms with E-state index in [1.54, 1.807) is 12.3 Å². The summed E-state index contributed by atoms with van der Waals surface area (Å²) in [7, 11) is 0. The van der Waals surface area contributed by atoms with Crippen LogP contribution in [0.25, 0.3) is 11.0 Å². The normalized spacial score (nSPS) is 10.8. The number of aryl methyl sites for hydroxylation is 1. The number of nitrogens with zero attached hydrogens (tertiary/aromatic N) is 2. The first-order valence-electron chi connectivity index (χ1n) is 8.76. The van der Waals surface area contributed by atoms with Crippen molar-refractivity contribution in [2.24, 2.45) is 0 Å². The Hall–Kier alpha value is -3.45. The van der Waals surface area contributed by atoms with Crippen LogP contribution in [0.4, 0.5) is 11.4 Å². The SMILES string of the molecule is Cc1cc(=O)oc2cc(NC(=S)Nc3cccc(Cn4cccn4)c3)ccc12. The fraction of sp³-hybridized carbons (Fsp3) is 0.0952. The molecule has 140 valence electrons. The van der Waals surface area contributed by atoms with Crippen LogP contribution in [-0.4, -0.2) is 14.9 Å². The summed E-state index contributed by atoms with van der Waals surface area (Å²) in [5.41, 5.74) is 3.78. The van der Waals surface area contributed by atoms with Crippen molar-refractivity contribution in [1.29, 1.82) is 0 Å². The Bertz CT molecular complexity index is 1200. The Morgan fingerprint density at radius 3 is 2.71 bits per heavy atom. The highest BCUT2D eigenvalue weighted by Gasteiger charge is 2.05. The van der Waals surface area contributed by atoms with Gasteiger partial charge in [-0.05, 0) is 60.6 Å². The predicted octanol–water partition coefficient (Wildman–Crippen LogP) is 4.16. The fourth-order valence-electron chi connectivity index (χ4n) is 3.02. The van der Waals surface area contributed by atoms with Crippen molar-refractivity contribution in [2.45, 2.75) is 13.5 Å². The average Bonchev–Trinajstić information content (AvgIpc) is 3.14. The fourth-order valence-corrected chi connectivity index (χ4v) is 3.26. The monoisotopic (exact) mass is 390 g/mol. The van der Waals surface area contributed by atoms with Crippen LogP contribution in [-0.2, 0) is 6.54 Å². The third-order valence-electron chi connectivity index (χ3n) is 4.30. The number of hydrogen-bond acceptors (Lipinski definition) is 4. The van der Waals surface area contributed by atoms with Gasteiger partial charge in [0.15, 0.2) is 5.11 Å². The molecule has 0 unspecified atom stereocenters. The van der Waals surface area contributed by atoms with Crippen molar-refractivity contribution >= 4 is 39.7 Å². The van der Waals surface area contributed by atoms with Gasteiger partial charge in [-0.15, -0.1) is 0 Å². The summed E-state index contributed by atoms with van der Waals surface area (Å²) < 4.78 is 7.14. The Balaban J connectivity index is 1.47. The van der Waals surface area contributed by atoms with Gasteiger partial charge in [-0.25, -0.2) is 4.79 Å². The molecule has 0 saturated carbocycles. The smallest absolute Gasteiger partial charge is 0.336 e. The van der Waals surface area contributed by atoms with Crippen molar-refractivity contribution < 1.29 is 4.42 Å². The number of rotatable bonds is 4. The molecule has 0 aliphatic heterocycles. The summed E-state index contributed by atoms with van der Waals surface area (Å²) in [6.45, 7) is 2.57. The lowest BCUT2D eigenvalue weighted by Gasteiger charge is -2.12. The Morgan fingerprint density at radius 2 is 1.93 bits per heavy atom. The zero-order valence-electron chi connectivity index (χ0n) is 15.2. The second-order valence-corrected chi connectivity index (χ2v) is 6.85. The standard InChI is InChI=1S/C21H18N4O2S/c1-14-10-20(26)27-19-12-17(6-7-18(14)19)24-21(28)23-16-5-2-4-15(11-16)13-25-9-3-8-22-25/h2-12H,13H2,1H3,(H2,23,24,28). The van der Waals surface area contributed by atoms with Crippen LogP contribution in [0, 0.1) is 6.92 Å². The van der Waals surface area contributed by atoms with E-state index in [1.165, 1.54) is 6.07 Å². The van der Waals surface area contributed by atoms with E-state index in [2.05, 4.69) is 15.7 Å². The van der Waals surface area contributed by atoms with Gasteiger partial charge in [0.25, 0.3) is 0 Å². The lowest BCUT2D eigenvalue weighted by molar-refractivity contribution is 0.560. The summed E-state index contributed by atoms with van der Waals surface area (Å²) in [6, 6.07) is 16.9. The summed E-state index contributed by atoms with van der Waals surface area (Å²) in [6.07, 6.45) is 3.68. The van der Waals surface area contributed by atoms with Gasteiger partial charge < -0.3 is 15.1 Å². The molecule has 0 bridgehead atoms. The molecular weight excluding hydrogens is 372 g/mol. The molecule has 6 nitrogen and oxygen atoms in total. The van der Waals surface area contributed by atoms with Crippen LogP contribution in [0.2, 0.25) is 0 Å².